The van der Waals surface area contributed by atoms with Crippen LogP contribution in [0.3, 0.4) is 0 Å². The number of hydrogen-bond acceptors (Lipinski definition) is 1. The molecule has 0 aliphatic heterocycles. The first-order valence-corrected chi connectivity index (χ1v) is 3.88. The van der Waals surface area contributed by atoms with Crippen molar-refractivity contribution >= 4 is 0 Å². The van der Waals surface area contributed by atoms with Gasteiger partial charge in [-0.25, -0.2) is 0 Å². The molecule has 0 amide bonds. The van der Waals surface area contributed by atoms with Crippen molar-refractivity contribution in [2.45, 2.75) is 26.3 Å². The van der Waals surface area contributed by atoms with Gasteiger partial charge in [-0.15, -0.1) is 6.54 Å². The molecule has 0 atom stereocenters. The van der Waals surface area contributed by atoms with E-state index >= 15 is 0 Å². The van der Waals surface area contributed by atoms with Crippen molar-refractivity contribution < 1.29 is 32.7 Å². The molecule has 0 heterocycles. The number of rotatable bonds is 1. The van der Waals surface area contributed by atoms with Crippen molar-refractivity contribution in [1.82, 2.24) is 4.90 Å². The third-order valence-electron chi connectivity index (χ3n) is 1.48. The molecule has 0 saturated heterocycles. The minimum atomic E-state index is 0. The third-order valence-corrected chi connectivity index (χ3v) is 1.48. The first-order chi connectivity index (χ1) is 4.90. The van der Waals surface area contributed by atoms with Gasteiger partial charge in [0.25, 0.3) is 0 Å². The molecule has 0 unspecified atom stereocenters. The van der Waals surface area contributed by atoms with Gasteiger partial charge in [0, 0.05) is 5.54 Å². The molecule has 0 spiro atoms. The minimum absolute atomic E-state index is 0. The summed E-state index contributed by atoms with van der Waals surface area (Å²) in [6.07, 6.45) is 0. The van der Waals surface area contributed by atoms with Gasteiger partial charge < -0.3 is 24.6 Å². The van der Waals surface area contributed by atoms with Gasteiger partial charge in [0.15, 0.2) is 0 Å². The maximum absolute atomic E-state index is 3.78. The standard InChI is InChI=1S/C7H16N.C2H6N.CH3.Y/c1-6-8(5)7(2,3)4;1-3-2;;/h1,6H2,2-5H3;1-2H3;1H3;/q3*-1;+3. The van der Waals surface area contributed by atoms with Crippen LogP contribution in [-0.4, -0.2) is 38.1 Å². The molecule has 0 aromatic carbocycles. The van der Waals surface area contributed by atoms with Crippen molar-refractivity contribution in [3.05, 3.63) is 19.7 Å². The van der Waals surface area contributed by atoms with Crippen LogP contribution in [-0.2, 0) is 32.7 Å². The molecule has 0 aromatic rings. The molecule has 2 nitrogen and oxygen atoms in total. The average Bonchev–Trinajstić information content (AvgIpc) is 1.86. The van der Waals surface area contributed by atoms with Gasteiger partial charge in [-0.2, -0.15) is 14.1 Å². The van der Waals surface area contributed by atoms with Crippen LogP contribution in [0.15, 0.2) is 0 Å². The smallest absolute Gasteiger partial charge is 0.668 e. The average molecular weight is 262 g/mol. The summed E-state index contributed by atoms with van der Waals surface area (Å²) in [5, 5.41) is 3.50. The van der Waals surface area contributed by atoms with E-state index in [1.165, 1.54) is 0 Å². The first-order valence-electron chi connectivity index (χ1n) is 3.88. The topological polar surface area (TPSA) is 17.3 Å². The Morgan fingerprint density at radius 3 is 1.46 bits per heavy atom. The van der Waals surface area contributed by atoms with Crippen molar-refractivity contribution in [2.75, 3.05) is 27.7 Å². The van der Waals surface area contributed by atoms with Gasteiger partial charge in [0.05, 0.1) is 0 Å². The van der Waals surface area contributed by atoms with Gasteiger partial charge in [-0.1, -0.05) is 0 Å². The quantitative estimate of drug-likeness (QED) is 0.664. The molecule has 0 fully saturated rings. The van der Waals surface area contributed by atoms with E-state index in [0.717, 1.165) is 6.54 Å². The normalized spacial score (nSPS) is 9.23. The van der Waals surface area contributed by atoms with Crippen LogP contribution in [0, 0.1) is 14.4 Å². The van der Waals surface area contributed by atoms with Gasteiger partial charge in [-0.3, -0.25) is 0 Å². The fourth-order valence-corrected chi connectivity index (χ4v) is 0.335. The minimum Gasteiger partial charge on any atom is -0.668 e. The van der Waals surface area contributed by atoms with Crippen LogP contribution >= 0.6 is 0 Å². The van der Waals surface area contributed by atoms with Crippen LogP contribution in [0.4, 0.5) is 0 Å². The van der Waals surface area contributed by atoms with Gasteiger partial charge in [-0.05, 0) is 27.8 Å². The van der Waals surface area contributed by atoms with E-state index in [4.69, 9.17) is 0 Å². The Morgan fingerprint density at radius 1 is 1.23 bits per heavy atom. The Bertz CT molecular complexity index is 79.5. The molecule has 0 saturated carbocycles. The van der Waals surface area contributed by atoms with Gasteiger partial charge in [0.2, 0.25) is 0 Å². The predicted octanol–water partition coefficient (Wildman–Crippen LogP) is 2.62. The Labute approximate surface area is 111 Å². The van der Waals surface area contributed by atoms with Gasteiger partial charge in [0.1, 0.15) is 0 Å². The maximum Gasteiger partial charge on any atom is 3.00 e. The van der Waals surface area contributed by atoms with Crippen LogP contribution < -0.4 is 0 Å². The van der Waals surface area contributed by atoms with E-state index in [9.17, 15) is 0 Å². The molecular formula is C10H25N2Y. The van der Waals surface area contributed by atoms with Crippen molar-refractivity contribution in [3.8, 4) is 0 Å². The Morgan fingerprint density at radius 2 is 1.46 bits per heavy atom. The summed E-state index contributed by atoms with van der Waals surface area (Å²) in [6.45, 7) is 11.2. The van der Waals surface area contributed by atoms with Crippen molar-refractivity contribution in [2.24, 2.45) is 0 Å². The Balaban J connectivity index is -0.0000000720. The Hall–Kier alpha value is 1.02. The van der Waals surface area contributed by atoms with Crippen LogP contribution in [0.2, 0.25) is 0 Å². The molecule has 0 bridgehead atoms. The summed E-state index contributed by atoms with van der Waals surface area (Å²) in [5.41, 5.74) is 0.280. The van der Waals surface area contributed by atoms with Crippen molar-refractivity contribution in [3.63, 3.8) is 0 Å². The SMILES string of the molecule is C[N-]C.[CH2-]CN(C)C(C)(C)C.[CH3-].[Y+3]. The van der Waals surface area contributed by atoms with Crippen LogP contribution in [0.25, 0.3) is 5.32 Å². The first kappa shape index (κ1) is 23.7. The second-order valence-electron chi connectivity index (χ2n) is 3.54. The molecule has 0 radical (unpaired) electrons. The largest absolute Gasteiger partial charge is 3.00 e. The molecule has 13 heavy (non-hydrogen) atoms. The second kappa shape index (κ2) is 13.0. The van der Waals surface area contributed by atoms with E-state index in [1.54, 1.807) is 14.1 Å². The van der Waals surface area contributed by atoms with E-state index in [-0.39, 0.29) is 45.7 Å². The summed E-state index contributed by atoms with van der Waals surface area (Å²) >= 11 is 0. The summed E-state index contributed by atoms with van der Waals surface area (Å²) in [5.74, 6) is 0. The van der Waals surface area contributed by atoms with E-state index in [2.05, 4.69) is 45.0 Å². The molecule has 78 valence electrons. The molecule has 0 rings (SSSR count). The molecular weight excluding hydrogens is 237 g/mol. The molecule has 0 aliphatic carbocycles. The monoisotopic (exact) mass is 262 g/mol. The van der Waals surface area contributed by atoms with E-state index in [1.807, 2.05) is 0 Å². The molecule has 0 N–H and O–H groups in total. The summed E-state index contributed by atoms with van der Waals surface area (Å²) in [6, 6.07) is 0. The molecule has 0 aromatic heterocycles. The van der Waals surface area contributed by atoms with Crippen LogP contribution in [0.1, 0.15) is 20.8 Å². The number of hydrogen-bond donors (Lipinski definition) is 0. The molecule has 0 aliphatic rings. The zero-order valence-electron chi connectivity index (χ0n) is 10.4. The fraction of sp³-hybridized carbons (Fsp3) is 0.800. The zero-order valence-corrected chi connectivity index (χ0v) is 13.2. The summed E-state index contributed by atoms with van der Waals surface area (Å²) in [7, 11) is 5.58. The van der Waals surface area contributed by atoms with Crippen molar-refractivity contribution in [1.29, 1.82) is 0 Å². The zero-order chi connectivity index (χ0) is 9.49. The summed E-state index contributed by atoms with van der Waals surface area (Å²) in [4.78, 5) is 2.20. The predicted molar refractivity (Wildman–Crippen MR) is 59.4 cm³/mol. The molecule has 3 heteroatoms. The van der Waals surface area contributed by atoms with E-state index < -0.39 is 0 Å². The van der Waals surface area contributed by atoms with E-state index in [0.29, 0.717) is 0 Å². The Kier molecular flexibility index (Phi) is 23.7. The second-order valence-corrected chi connectivity index (χ2v) is 3.54. The van der Waals surface area contributed by atoms with Gasteiger partial charge >= 0.3 is 32.7 Å². The maximum atomic E-state index is 3.78. The number of nitrogens with zero attached hydrogens (tertiary/aromatic N) is 2. The third kappa shape index (κ3) is 19.4. The van der Waals surface area contributed by atoms with Crippen LogP contribution in [0.5, 0.6) is 0 Å². The fourth-order valence-electron chi connectivity index (χ4n) is 0.335. The summed E-state index contributed by atoms with van der Waals surface area (Å²) < 4.78 is 0.